The smallest absolute Gasteiger partial charge is 0.250 e. The van der Waals surface area contributed by atoms with E-state index in [9.17, 15) is 9.90 Å². The van der Waals surface area contributed by atoms with Crippen LogP contribution in [0.25, 0.3) is 0 Å². The van der Waals surface area contributed by atoms with Crippen LogP contribution in [0.3, 0.4) is 0 Å². The van der Waals surface area contributed by atoms with Crippen LogP contribution in [0.4, 0.5) is 5.69 Å². The molecule has 0 radical (unpaired) electrons. The van der Waals surface area contributed by atoms with E-state index < -0.39 is 0 Å². The van der Waals surface area contributed by atoms with Crippen molar-refractivity contribution >= 4 is 5.69 Å². The fourth-order valence-electron chi connectivity index (χ4n) is 1.96. The summed E-state index contributed by atoms with van der Waals surface area (Å²) < 4.78 is 1.66. The van der Waals surface area contributed by atoms with Gasteiger partial charge in [0.05, 0.1) is 5.69 Å². The maximum absolute atomic E-state index is 11.5. The molecule has 0 aliphatic carbocycles. The van der Waals surface area contributed by atoms with Crippen molar-refractivity contribution in [2.24, 2.45) is 0 Å². The second-order valence-corrected chi connectivity index (χ2v) is 4.50. The minimum absolute atomic E-state index is 0.00494. The van der Waals surface area contributed by atoms with Crippen LogP contribution in [0.15, 0.2) is 47.4 Å². The fourth-order valence-corrected chi connectivity index (χ4v) is 1.96. The van der Waals surface area contributed by atoms with Crippen LogP contribution in [0.5, 0.6) is 5.75 Å². The largest absolute Gasteiger partial charge is 0.508 e. The van der Waals surface area contributed by atoms with E-state index in [1.807, 2.05) is 32.2 Å². The molecule has 0 amide bonds. The predicted molar refractivity (Wildman–Crippen MR) is 76.5 cm³/mol. The van der Waals surface area contributed by atoms with Crippen molar-refractivity contribution < 1.29 is 5.11 Å². The molecule has 0 saturated carbocycles. The van der Waals surface area contributed by atoms with E-state index in [0.717, 1.165) is 11.3 Å². The number of pyridine rings is 1. The van der Waals surface area contributed by atoms with E-state index in [4.69, 9.17) is 0 Å². The summed E-state index contributed by atoms with van der Waals surface area (Å²) in [5.74, 6) is 0.260. The molecule has 2 rings (SSSR count). The Kier molecular flexibility index (Phi) is 3.90. The molecular formula is C15H18N2O2. The molecule has 2 aromatic rings. The topological polar surface area (TPSA) is 54.3 Å². The highest BCUT2D eigenvalue weighted by atomic mass is 16.3. The maximum Gasteiger partial charge on any atom is 0.250 e. The molecule has 0 saturated heterocycles. The number of aromatic nitrogens is 1. The molecule has 1 aromatic heterocycles. The van der Waals surface area contributed by atoms with Gasteiger partial charge in [-0.2, -0.15) is 0 Å². The van der Waals surface area contributed by atoms with Gasteiger partial charge in [-0.3, -0.25) is 4.79 Å². The third kappa shape index (κ3) is 3.16. The Morgan fingerprint density at radius 3 is 2.53 bits per heavy atom. The normalized spacial score (nSPS) is 12.1. The van der Waals surface area contributed by atoms with E-state index >= 15 is 0 Å². The van der Waals surface area contributed by atoms with Gasteiger partial charge >= 0.3 is 0 Å². The summed E-state index contributed by atoms with van der Waals surface area (Å²) in [6.07, 6.45) is 1.82. The molecule has 4 nitrogen and oxygen atoms in total. The third-order valence-corrected chi connectivity index (χ3v) is 3.10. The first-order valence-electron chi connectivity index (χ1n) is 6.36. The Morgan fingerprint density at radius 1 is 1.21 bits per heavy atom. The molecule has 0 spiro atoms. The Bertz CT molecular complexity index is 602. The number of nitrogens with one attached hydrogen (secondary N) is 1. The Labute approximate surface area is 112 Å². The summed E-state index contributed by atoms with van der Waals surface area (Å²) in [5, 5.41) is 12.6. The first-order valence-corrected chi connectivity index (χ1v) is 6.36. The number of benzene rings is 1. The van der Waals surface area contributed by atoms with Gasteiger partial charge in [-0.25, -0.2) is 0 Å². The Morgan fingerprint density at radius 2 is 1.89 bits per heavy atom. The second-order valence-electron chi connectivity index (χ2n) is 4.50. The zero-order chi connectivity index (χ0) is 13.8. The summed E-state index contributed by atoms with van der Waals surface area (Å²) in [5.41, 5.74) is 1.99. The molecule has 0 aliphatic rings. The fraction of sp³-hybridized carbons (Fsp3) is 0.267. The van der Waals surface area contributed by atoms with Crippen molar-refractivity contribution in [1.29, 1.82) is 0 Å². The van der Waals surface area contributed by atoms with E-state index in [-0.39, 0.29) is 17.4 Å². The van der Waals surface area contributed by atoms with Gasteiger partial charge in [-0.1, -0.05) is 12.1 Å². The number of phenolic OH excluding ortho intramolecular Hbond substituents is 1. The second kappa shape index (κ2) is 5.61. The first-order chi connectivity index (χ1) is 9.10. The van der Waals surface area contributed by atoms with E-state index in [1.54, 1.807) is 28.8 Å². The quantitative estimate of drug-likeness (QED) is 0.886. The van der Waals surface area contributed by atoms with Crippen molar-refractivity contribution in [1.82, 2.24) is 4.57 Å². The van der Waals surface area contributed by atoms with Crippen molar-refractivity contribution in [2.75, 3.05) is 5.32 Å². The van der Waals surface area contributed by atoms with Gasteiger partial charge in [0.2, 0.25) is 0 Å². The number of aromatic hydroxyl groups is 1. The minimum Gasteiger partial charge on any atom is -0.508 e. The first kappa shape index (κ1) is 13.2. The zero-order valence-electron chi connectivity index (χ0n) is 11.1. The maximum atomic E-state index is 11.5. The summed E-state index contributed by atoms with van der Waals surface area (Å²) in [4.78, 5) is 11.5. The number of anilines is 1. The monoisotopic (exact) mass is 258 g/mol. The van der Waals surface area contributed by atoms with Gasteiger partial charge in [-0.15, -0.1) is 0 Å². The average molecular weight is 258 g/mol. The van der Waals surface area contributed by atoms with Crippen LogP contribution in [0.1, 0.15) is 25.5 Å². The van der Waals surface area contributed by atoms with Crippen molar-refractivity contribution in [3.8, 4) is 5.75 Å². The van der Waals surface area contributed by atoms with Gasteiger partial charge in [-0.05, 0) is 37.6 Å². The molecule has 19 heavy (non-hydrogen) atoms. The molecule has 1 atom stereocenters. The lowest BCUT2D eigenvalue weighted by Crippen LogP contribution is -2.18. The Hall–Kier alpha value is -2.23. The van der Waals surface area contributed by atoms with Crippen LogP contribution >= 0.6 is 0 Å². The number of nitrogens with zero attached hydrogens (tertiary/aromatic N) is 1. The molecular weight excluding hydrogens is 240 g/mol. The highest BCUT2D eigenvalue weighted by Crippen LogP contribution is 2.20. The lowest BCUT2D eigenvalue weighted by atomic mass is 10.1. The number of hydrogen-bond acceptors (Lipinski definition) is 3. The number of hydrogen-bond donors (Lipinski definition) is 2. The van der Waals surface area contributed by atoms with E-state index in [0.29, 0.717) is 6.54 Å². The minimum atomic E-state index is 0.00494. The van der Waals surface area contributed by atoms with Crippen LogP contribution in [-0.4, -0.2) is 9.67 Å². The molecule has 4 heteroatoms. The Balaban J connectivity index is 2.16. The summed E-state index contributed by atoms with van der Waals surface area (Å²) in [6, 6.07) is 10.5. The predicted octanol–water partition coefficient (Wildman–Crippen LogP) is 2.75. The molecule has 0 fully saturated rings. The molecule has 1 unspecified atom stereocenters. The number of rotatable bonds is 4. The van der Waals surface area contributed by atoms with Gasteiger partial charge in [0.1, 0.15) is 5.75 Å². The standard InChI is InChI=1S/C15H18N2O2/c1-3-17-10-13(6-9-15(17)19)16-11(2)12-4-7-14(18)8-5-12/h4-11,16,18H,3H2,1-2H3. The summed E-state index contributed by atoms with van der Waals surface area (Å²) in [7, 11) is 0. The van der Waals surface area contributed by atoms with Crippen LogP contribution < -0.4 is 10.9 Å². The van der Waals surface area contributed by atoms with Crippen molar-refractivity contribution in [3.63, 3.8) is 0 Å². The molecule has 1 heterocycles. The lowest BCUT2D eigenvalue weighted by Gasteiger charge is -2.16. The summed E-state index contributed by atoms with van der Waals surface area (Å²) >= 11 is 0. The molecule has 2 N–H and O–H groups in total. The zero-order valence-corrected chi connectivity index (χ0v) is 11.1. The van der Waals surface area contributed by atoms with Crippen LogP contribution in [0, 0.1) is 0 Å². The third-order valence-electron chi connectivity index (χ3n) is 3.10. The average Bonchev–Trinajstić information content (AvgIpc) is 2.41. The van der Waals surface area contributed by atoms with Crippen molar-refractivity contribution in [2.45, 2.75) is 26.4 Å². The SMILES string of the molecule is CCn1cc(NC(C)c2ccc(O)cc2)ccc1=O. The van der Waals surface area contributed by atoms with Gasteiger partial charge in [0.25, 0.3) is 5.56 Å². The highest BCUT2D eigenvalue weighted by Gasteiger charge is 2.06. The molecule has 0 aliphatic heterocycles. The highest BCUT2D eigenvalue weighted by molar-refractivity contribution is 5.43. The van der Waals surface area contributed by atoms with Crippen LogP contribution in [-0.2, 0) is 6.54 Å². The van der Waals surface area contributed by atoms with Crippen LogP contribution in [0.2, 0.25) is 0 Å². The van der Waals surface area contributed by atoms with Gasteiger partial charge < -0.3 is 15.0 Å². The molecule has 100 valence electrons. The number of phenols is 1. The lowest BCUT2D eigenvalue weighted by molar-refractivity contribution is 0.475. The molecule has 0 bridgehead atoms. The van der Waals surface area contributed by atoms with Gasteiger partial charge in [0, 0.05) is 24.8 Å². The van der Waals surface area contributed by atoms with E-state index in [1.165, 1.54) is 0 Å². The van der Waals surface area contributed by atoms with Crippen molar-refractivity contribution in [3.05, 3.63) is 58.5 Å². The molecule has 1 aromatic carbocycles. The number of aryl methyl sites for hydroxylation is 1. The van der Waals surface area contributed by atoms with Gasteiger partial charge in [0.15, 0.2) is 0 Å². The summed E-state index contributed by atoms with van der Waals surface area (Å²) in [6.45, 7) is 4.63. The van der Waals surface area contributed by atoms with E-state index in [2.05, 4.69) is 5.32 Å².